The fourth-order valence-corrected chi connectivity index (χ4v) is 3.05. The molecule has 4 heteroatoms. The van der Waals surface area contributed by atoms with Crippen LogP contribution in [0.4, 0.5) is 0 Å². The second kappa shape index (κ2) is 12.3. The summed E-state index contributed by atoms with van der Waals surface area (Å²) in [5.41, 5.74) is 0. The molecule has 126 valence electrons. The van der Waals surface area contributed by atoms with Crippen LogP contribution in [-0.4, -0.2) is 21.2 Å². The molecule has 0 aliphatic heterocycles. The quantitative estimate of drug-likeness (QED) is 0.366. The van der Waals surface area contributed by atoms with Crippen molar-refractivity contribution < 1.29 is 5.11 Å². The Labute approximate surface area is 150 Å². The van der Waals surface area contributed by atoms with Crippen LogP contribution < -0.4 is 0 Å². The van der Waals surface area contributed by atoms with E-state index in [0.717, 1.165) is 32.1 Å². The predicted molar refractivity (Wildman–Crippen MR) is 99.5 cm³/mol. The Balaban J connectivity index is 0.000000166. The van der Waals surface area contributed by atoms with Crippen molar-refractivity contribution in [2.45, 2.75) is 73.9 Å². The van der Waals surface area contributed by atoms with Gasteiger partial charge in [0, 0.05) is 6.42 Å². The van der Waals surface area contributed by atoms with Crippen LogP contribution in [0.1, 0.15) is 57.8 Å². The fraction of sp³-hybridized carbons (Fsp3) is 0.667. The van der Waals surface area contributed by atoms with E-state index < -0.39 is 0 Å². The molecule has 0 saturated carbocycles. The molecule has 3 unspecified atom stereocenters. The molecule has 3 rings (SSSR count). The van der Waals surface area contributed by atoms with Gasteiger partial charge >= 0.3 is 0 Å². The zero-order valence-corrected chi connectivity index (χ0v) is 15.3. The van der Waals surface area contributed by atoms with E-state index in [2.05, 4.69) is 18.2 Å². The molecule has 0 aromatic heterocycles. The summed E-state index contributed by atoms with van der Waals surface area (Å²) in [4.78, 5) is 0. The van der Waals surface area contributed by atoms with Gasteiger partial charge < -0.3 is 5.11 Å². The molecule has 1 N–H and O–H groups in total. The summed E-state index contributed by atoms with van der Waals surface area (Å²) in [5.74, 6) is 0.589. The minimum atomic E-state index is 0.0606. The van der Waals surface area contributed by atoms with E-state index in [-0.39, 0.29) is 10.8 Å². The molecule has 22 heavy (non-hydrogen) atoms. The molecular weight excluding hydrogens is 339 g/mol. The summed E-state index contributed by atoms with van der Waals surface area (Å²) in [6.07, 6.45) is 20.3. The number of hydrogen-bond acceptors (Lipinski definition) is 1. The molecule has 0 aromatic rings. The van der Waals surface area contributed by atoms with E-state index in [1.54, 1.807) is 0 Å². The average molecular weight is 366 g/mol. The second-order valence-electron chi connectivity index (χ2n) is 5.78. The van der Waals surface area contributed by atoms with Gasteiger partial charge in [0.25, 0.3) is 0 Å². The first-order chi connectivity index (χ1) is 10.6. The molecule has 1 nitrogen and oxygen atoms in total. The van der Waals surface area contributed by atoms with Crippen LogP contribution >= 0.6 is 34.8 Å². The average Bonchev–Trinajstić information content (AvgIpc) is 2.53. The summed E-state index contributed by atoms with van der Waals surface area (Å²) in [7, 11) is 0. The van der Waals surface area contributed by atoms with E-state index in [9.17, 15) is 0 Å². The van der Waals surface area contributed by atoms with Gasteiger partial charge in [-0.2, -0.15) is 0 Å². The van der Waals surface area contributed by atoms with Crippen molar-refractivity contribution in [3.63, 3.8) is 0 Å². The summed E-state index contributed by atoms with van der Waals surface area (Å²) in [6.45, 7) is 0. The summed E-state index contributed by atoms with van der Waals surface area (Å²) in [6, 6.07) is 0. The standard InChI is InChI=1S/C6H8Cl2.C6H9Cl.C6H10O/c7-5-3-1-2-4-6(5)8;2*7-6-4-2-1-3-5-6/h1,3,5-6H,2,4H2;2,4,6H,1,3,5H2;4,7H,1-3,5H2. The lowest BCUT2D eigenvalue weighted by Crippen LogP contribution is -2.14. The van der Waals surface area contributed by atoms with Gasteiger partial charge in [-0.3, -0.25) is 0 Å². The normalized spacial score (nSPS) is 30.3. The van der Waals surface area contributed by atoms with Gasteiger partial charge in [-0.05, 0) is 57.4 Å². The molecule has 3 aliphatic rings. The Bertz CT molecular complexity index is 377. The number of rotatable bonds is 0. The highest BCUT2D eigenvalue weighted by Crippen LogP contribution is 2.21. The van der Waals surface area contributed by atoms with Gasteiger partial charge in [0.2, 0.25) is 0 Å². The fourth-order valence-electron chi connectivity index (χ4n) is 2.35. The first-order valence-electron chi connectivity index (χ1n) is 8.23. The lowest BCUT2D eigenvalue weighted by atomic mass is 10.1. The molecule has 3 aliphatic carbocycles. The third kappa shape index (κ3) is 9.82. The number of aliphatic hydroxyl groups excluding tert-OH is 1. The van der Waals surface area contributed by atoms with Crippen molar-refractivity contribution in [3.05, 3.63) is 36.1 Å². The minimum Gasteiger partial charge on any atom is -0.513 e. The highest BCUT2D eigenvalue weighted by Gasteiger charge is 2.15. The zero-order chi connectivity index (χ0) is 16.2. The van der Waals surface area contributed by atoms with Crippen molar-refractivity contribution in [1.82, 2.24) is 0 Å². The van der Waals surface area contributed by atoms with Crippen molar-refractivity contribution in [2.75, 3.05) is 0 Å². The van der Waals surface area contributed by atoms with Crippen LogP contribution in [0.2, 0.25) is 0 Å². The number of halogens is 3. The lowest BCUT2D eigenvalue weighted by molar-refractivity contribution is 0.368. The molecule has 0 fully saturated rings. The largest absolute Gasteiger partial charge is 0.513 e. The molecule has 3 atom stereocenters. The van der Waals surface area contributed by atoms with Crippen molar-refractivity contribution in [3.8, 4) is 0 Å². The highest BCUT2D eigenvalue weighted by atomic mass is 35.5. The number of aliphatic hydroxyl groups is 1. The van der Waals surface area contributed by atoms with Crippen molar-refractivity contribution >= 4 is 34.8 Å². The number of hydrogen-bond donors (Lipinski definition) is 1. The van der Waals surface area contributed by atoms with Gasteiger partial charge in [-0.1, -0.05) is 24.3 Å². The topological polar surface area (TPSA) is 20.2 Å². The van der Waals surface area contributed by atoms with Crippen LogP contribution in [0, 0.1) is 0 Å². The Hall–Kier alpha value is -0.110. The van der Waals surface area contributed by atoms with Gasteiger partial charge in [-0.25, -0.2) is 0 Å². The molecule has 0 amide bonds. The van der Waals surface area contributed by atoms with Gasteiger partial charge in [0.15, 0.2) is 0 Å². The van der Waals surface area contributed by atoms with Crippen LogP contribution in [-0.2, 0) is 0 Å². The smallest absolute Gasteiger partial charge is 0.0882 e. The molecule has 0 radical (unpaired) electrons. The first-order valence-corrected chi connectivity index (χ1v) is 9.54. The Morgan fingerprint density at radius 1 is 0.864 bits per heavy atom. The Morgan fingerprint density at radius 3 is 1.95 bits per heavy atom. The molecule has 0 heterocycles. The van der Waals surface area contributed by atoms with E-state index in [4.69, 9.17) is 39.9 Å². The van der Waals surface area contributed by atoms with Crippen LogP contribution in [0.15, 0.2) is 36.1 Å². The maximum Gasteiger partial charge on any atom is 0.0882 e. The van der Waals surface area contributed by atoms with E-state index in [0.29, 0.717) is 11.1 Å². The molecular formula is C18H27Cl3O. The Morgan fingerprint density at radius 2 is 1.64 bits per heavy atom. The van der Waals surface area contributed by atoms with Crippen LogP contribution in [0.25, 0.3) is 0 Å². The predicted octanol–water partition coefficient (Wildman–Crippen LogP) is 6.89. The van der Waals surface area contributed by atoms with Crippen LogP contribution in [0.5, 0.6) is 0 Å². The zero-order valence-electron chi connectivity index (χ0n) is 13.1. The molecule has 0 saturated heterocycles. The van der Waals surface area contributed by atoms with Gasteiger partial charge in [0.1, 0.15) is 0 Å². The maximum absolute atomic E-state index is 8.77. The number of alkyl halides is 3. The van der Waals surface area contributed by atoms with E-state index >= 15 is 0 Å². The molecule has 0 spiro atoms. The summed E-state index contributed by atoms with van der Waals surface area (Å²) in [5, 5.41) is 9.31. The monoisotopic (exact) mass is 364 g/mol. The SMILES string of the molecule is ClC1C=CCCC1.ClC1C=CCCC1Cl.OC1=CCCCC1. The van der Waals surface area contributed by atoms with Gasteiger partial charge in [-0.15, -0.1) is 34.8 Å². The third-order valence-corrected chi connectivity index (χ3v) is 5.17. The third-order valence-electron chi connectivity index (χ3n) is 3.74. The summed E-state index contributed by atoms with van der Waals surface area (Å²) >= 11 is 17.3. The first kappa shape index (κ1) is 19.9. The van der Waals surface area contributed by atoms with E-state index in [1.165, 1.54) is 25.7 Å². The maximum atomic E-state index is 8.77. The summed E-state index contributed by atoms with van der Waals surface area (Å²) < 4.78 is 0. The Kier molecular flexibility index (Phi) is 11.2. The number of allylic oxidation sites excluding steroid dienone is 6. The second-order valence-corrected chi connectivity index (χ2v) is 7.41. The van der Waals surface area contributed by atoms with Crippen LogP contribution in [0.3, 0.4) is 0 Å². The van der Waals surface area contributed by atoms with Crippen molar-refractivity contribution in [1.29, 1.82) is 0 Å². The van der Waals surface area contributed by atoms with Gasteiger partial charge in [0.05, 0.1) is 21.9 Å². The lowest BCUT2D eigenvalue weighted by Gasteiger charge is -2.14. The highest BCUT2D eigenvalue weighted by molar-refractivity contribution is 6.30. The molecule has 0 aromatic carbocycles. The molecule has 0 bridgehead atoms. The van der Waals surface area contributed by atoms with E-state index in [1.807, 2.05) is 12.2 Å². The minimum absolute atomic E-state index is 0.0606. The van der Waals surface area contributed by atoms with Crippen molar-refractivity contribution in [2.24, 2.45) is 0 Å².